The molecule has 1 saturated heterocycles. The van der Waals surface area contributed by atoms with Crippen LogP contribution in [0.1, 0.15) is 20.3 Å². The minimum Gasteiger partial charge on any atom is -0.390 e. The van der Waals surface area contributed by atoms with Crippen molar-refractivity contribution in [3.05, 3.63) is 0 Å². The average Bonchev–Trinajstić information content (AvgIpc) is 1.82. The minimum atomic E-state index is -0.687. The van der Waals surface area contributed by atoms with Crippen molar-refractivity contribution < 1.29 is 14.9 Å². The fraction of sp³-hybridized carbons (Fsp3) is 1.00. The highest BCUT2D eigenvalue weighted by molar-refractivity contribution is 4.76. The van der Waals surface area contributed by atoms with Gasteiger partial charge in [0.15, 0.2) is 6.29 Å². The molecule has 0 aromatic rings. The monoisotopic (exact) mass is 146 g/mol. The summed E-state index contributed by atoms with van der Waals surface area (Å²) in [6, 6.07) is 0. The molecule has 0 bridgehead atoms. The van der Waals surface area contributed by atoms with Crippen molar-refractivity contribution in [1.82, 2.24) is 0 Å². The van der Waals surface area contributed by atoms with Crippen LogP contribution in [0.15, 0.2) is 0 Å². The van der Waals surface area contributed by atoms with Crippen molar-refractivity contribution in [3.8, 4) is 0 Å². The summed E-state index contributed by atoms with van der Waals surface area (Å²) in [7, 11) is 0. The van der Waals surface area contributed by atoms with Crippen LogP contribution in [0, 0.1) is 5.92 Å². The summed E-state index contributed by atoms with van der Waals surface area (Å²) < 4.78 is 4.97. The van der Waals surface area contributed by atoms with E-state index < -0.39 is 12.4 Å². The van der Waals surface area contributed by atoms with E-state index in [1.54, 1.807) is 6.92 Å². The molecule has 1 fully saturated rings. The fourth-order valence-corrected chi connectivity index (χ4v) is 1.30. The maximum absolute atomic E-state index is 9.33. The van der Waals surface area contributed by atoms with E-state index in [2.05, 4.69) is 0 Å². The van der Waals surface area contributed by atoms with Crippen LogP contribution in [0.25, 0.3) is 0 Å². The maximum Gasteiger partial charge on any atom is 0.155 e. The van der Waals surface area contributed by atoms with Crippen LogP contribution >= 0.6 is 0 Å². The summed E-state index contributed by atoms with van der Waals surface area (Å²) in [5.74, 6) is 0.138. The number of aliphatic hydroxyl groups is 2. The third-order valence-corrected chi connectivity index (χ3v) is 2.01. The van der Waals surface area contributed by atoms with Gasteiger partial charge < -0.3 is 14.9 Å². The van der Waals surface area contributed by atoms with E-state index in [0.717, 1.165) is 0 Å². The number of hydrogen-bond acceptors (Lipinski definition) is 3. The molecule has 2 N–H and O–H groups in total. The predicted molar refractivity (Wildman–Crippen MR) is 36.3 cm³/mol. The third-order valence-electron chi connectivity index (χ3n) is 2.01. The second kappa shape index (κ2) is 2.86. The van der Waals surface area contributed by atoms with Crippen LogP contribution < -0.4 is 0 Å². The maximum atomic E-state index is 9.33. The Labute approximate surface area is 60.6 Å². The molecule has 1 aliphatic heterocycles. The molecule has 4 atom stereocenters. The van der Waals surface area contributed by atoms with E-state index >= 15 is 0 Å². The molecule has 1 heterocycles. The highest BCUT2D eigenvalue weighted by atomic mass is 16.6. The van der Waals surface area contributed by atoms with E-state index in [1.807, 2.05) is 6.92 Å². The van der Waals surface area contributed by atoms with Crippen LogP contribution in [0.3, 0.4) is 0 Å². The quantitative estimate of drug-likeness (QED) is 0.510. The van der Waals surface area contributed by atoms with E-state index in [4.69, 9.17) is 9.84 Å². The van der Waals surface area contributed by atoms with Gasteiger partial charge in [0.1, 0.15) is 0 Å². The van der Waals surface area contributed by atoms with Gasteiger partial charge in [0.2, 0.25) is 0 Å². The van der Waals surface area contributed by atoms with Crippen molar-refractivity contribution in [3.63, 3.8) is 0 Å². The predicted octanol–water partition coefficient (Wildman–Crippen LogP) is 0.111. The first-order valence-electron chi connectivity index (χ1n) is 3.63. The number of rotatable bonds is 0. The Balaban J connectivity index is 2.49. The van der Waals surface area contributed by atoms with Gasteiger partial charge in [-0.3, -0.25) is 0 Å². The van der Waals surface area contributed by atoms with Crippen molar-refractivity contribution in [2.45, 2.75) is 38.8 Å². The Hall–Kier alpha value is -0.120. The Bertz CT molecular complexity index is 103. The first-order valence-corrected chi connectivity index (χ1v) is 3.63. The van der Waals surface area contributed by atoms with Gasteiger partial charge in [-0.1, -0.05) is 6.92 Å². The molecule has 60 valence electrons. The van der Waals surface area contributed by atoms with Gasteiger partial charge in [-0.25, -0.2) is 0 Å². The zero-order valence-electron chi connectivity index (χ0n) is 6.32. The molecule has 3 nitrogen and oxygen atoms in total. The van der Waals surface area contributed by atoms with E-state index in [1.165, 1.54) is 0 Å². The molecule has 1 unspecified atom stereocenters. The molecular formula is C7H14O3. The topological polar surface area (TPSA) is 49.7 Å². The molecule has 0 aliphatic carbocycles. The fourth-order valence-electron chi connectivity index (χ4n) is 1.30. The highest BCUT2D eigenvalue weighted by Gasteiger charge is 2.30. The van der Waals surface area contributed by atoms with Gasteiger partial charge in [0, 0.05) is 6.42 Å². The summed E-state index contributed by atoms with van der Waals surface area (Å²) in [5, 5.41) is 18.4. The van der Waals surface area contributed by atoms with Crippen LogP contribution in [-0.2, 0) is 4.74 Å². The number of hydrogen-bond donors (Lipinski definition) is 2. The first kappa shape index (κ1) is 7.98. The van der Waals surface area contributed by atoms with Crippen molar-refractivity contribution in [1.29, 1.82) is 0 Å². The SMILES string of the molecule is C[C@@H]1OC(O)C[C@H](C)[C@H]1O. The number of aliphatic hydroxyl groups excluding tert-OH is 2. The molecule has 0 aromatic carbocycles. The largest absolute Gasteiger partial charge is 0.390 e. The lowest BCUT2D eigenvalue weighted by Gasteiger charge is -2.33. The average molecular weight is 146 g/mol. The normalized spacial score (nSPS) is 49.2. The standard InChI is InChI=1S/C7H14O3/c1-4-3-6(8)10-5(2)7(4)9/h4-9H,3H2,1-2H3/t4-,5-,6?,7+/m0/s1. The molecule has 0 spiro atoms. The lowest BCUT2D eigenvalue weighted by atomic mass is 9.94. The molecule has 1 rings (SSSR count). The van der Waals surface area contributed by atoms with Crippen molar-refractivity contribution >= 4 is 0 Å². The lowest BCUT2D eigenvalue weighted by molar-refractivity contribution is -0.209. The minimum absolute atomic E-state index is 0.138. The second-order valence-electron chi connectivity index (χ2n) is 3.00. The van der Waals surface area contributed by atoms with Gasteiger partial charge in [0.25, 0.3) is 0 Å². The zero-order valence-corrected chi connectivity index (χ0v) is 6.32. The van der Waals surface area contributed by atoms with Gasteiger partial charge in [-0.05, 0) is 12.8 Å². The van der Waals surface area contributed by atoms with Gasteiger partial charge in [-0.15, -0.1) is 0 Å². The molecule has 0 amide bonds. The zero-order chi connectivity index (χ0) is 7.72. The molecule has 0 saturated carbocycles. The van der Waals surface area contributed by atoms with Crippen LogP contribution in [-0.4, -0.2) is 28.7 Å². The van der Waals surface area contributed by atoms with Crippen LogP contribution in [0.4, 0.5) is 0 Å². The third kappa shape index (κ3) is 1.48. The molecule has 0 aromatic heterocycles. The van der Waals surface area contributed by atoms with E-state index in [0.29, 0.717) is 6.42 Å². The Morgan fingerprint density at radius 2 is 1.90 bits per heavy atom. The van der Waals surface area contributed by atoms with Gasteiger partial charge in [0.05, 0.1) is 12.2 Å². The summed E-state index contributed by atoms with van der Waals surface area (Å²) >= 11 is 0. The molecule has 3 heteroatoms. The van der Waals surface area contributed by atoms with E-state index in [-0.39, 0.29) is 12.0 Å². The lowest BCUT2D eigenvalue weighted by Crippen LogP contribution is -2.42. The molecule has 0 radical (unpaired) electrons. The summed E-state index contributed by atoms with van der Waals surface area (Å²) in [6.45, 7) is 3.68. The van der Waals surface area contributed by atoms with Crippen LogP contribution in [0.2, 0.25) is 0 Å². The Morgan fingerprint density at radius 1 is 1.30 bits per heavy atom. The van der Waals surface area contributed by atoms with Crippen LogP contribution in [0.5, 0.6) is 0 Å². The summed E-state index contributed by atoms with van der Waals surface area (Å²) in [5.41, 5.74) is 0. The summed E-state index contributed by atoms with van der Waals surface area (Å²) in [4.78, 5) is 0. The summed E-state index contributed by atoms with van der Waals surface area (Å²) in [6.07, 6.45) is -0.818. The smallest absolute Gasteiger partial charge is 0.155 e. The highest BCUT2D eigenvalue weighted by Crippen LogP contribution is 2.23. The van der Waals surface area contributed by atoms with E-state index in [9.17, 15) is 5.11 Å². The van der Waals surface area contributed by atoms with Crippen molar-refractivity contribution in [2.24, 2.45) is 5.92 Å². The van der Waals surface area contributed by atoms with Gasteiger partial charge in [-0.2, -0.15) is 0 Å². The van der Waals surface area contributed by atoms with Gasteiger partial charge >= 0.3 is 0 Å². The molecule has 1 aliphatic rings. The van der Waals surface area contributed by atoms with Crippen molar-refractivity contribution in [2.75, 3.05) is 0 Å². The molecular weight excluding hydrogens is 132 g/mol. The second-order valence-corrected chi connectivity index (χ2v) is 3.00. The first-order chi connectivity index (χ1) is 4.61. The Kier molecular flexibility index (Phi) is 2.28. The number of ether oxygens (including phenoxy) is 1. The molecule has 10 heavy (non-hydrogen) atoms. The Morgan fingerprint density at radius 3 is 2.40 bits per heavy atom.